The van der Waals surface area contributed by atoms with Gasteiger partial charge in [-0.15, -0.1) is 10.2 Å². The van der Waals surface area contributed by atoms with E-state index in [4.69, 9.17) is 0 Å². The van der Waals surface area contributed by atoms with Crippen LogP contribution in [0.15, 0.2) is 35.5 Å². The number of thioether (sulfide) groups is 1. The third-order valence-corrected chi connectivity index (χ3v) is 6.13. The van der Waals surface area contributed by atoms with E-state index in [1.54, 1.807) is 11.8 Å². The van der Waals surface area contributed by atoms with Crippen LogP contribution >= 0.6 is 11.8 Å². The minimum Gasteiger partial charge on any atom is -0.338 e. The molecule has 2 fully saturated rings. The molecule has 2 aromatic rings. The molecule has 2 saturated carbocycles. The lowest BCUT2D eigenvalue weighted by Crippen LogP contribution is -2.36. The first-order valence-corrected chi connectivity index (χ1v) is 10.5. The maximum absolute atomic E-state index is 13.0. The smallest absolute Gasteiger partial charge is 0.236 e. The summed E-state index contributed by atoms with van der Waals surface area (Å²) < 4.78 is 2.32. The summed E-state index contributed by atoms with van der Waals surface area (Å²) in [6.07, 6.45) is 4.88. The van der Waals surface area contributed by atoms with Crippen molar-refractivity contribution in [1.29, 1.82) is 0 Å². The Bertz CT molecular complexity index is 767. The Balaban J connectivity index is 1.45. The van der Waals surface area contributed by atoms with E-state index in [-0.39, 0.29) is 11.2 Å². The molecule has 0 spiro atoms. The molecular formula is C20H26N4OS. The molecule has 0 radical (unpaired) electrons. The first-order chi connectivity index (χ1) is 12.7. The fourth-order valence-corrected chi connectivity index (χ4v) is 4.29. The van der Waals surface area contributed by atoms with Gasteiger partial charge in [0.25, 0.3) is 0 Å². The number of hydrogen-bond acceptors (Lipinski definition) is 4. The molecule has 1 unspecified atom stereocenters. The van der Waals surface area contributed by atoms with Crippen molar-refractivity contribution in [1.82, 2.24) is 19.7 Å². The van der Waals surface area contributed by atoms with Gasteiger partial charge < -0.3 is 9.47 Å². The van der Waals surface area contributed by atoms with Crippen molar-refractivity contribution in [3.8, 4) is 0 Å². The molecule has 0 aliphatic heterocycles. The zero-order chi connectivity index (χ0) is 18.1. The van der Waals surface area contributed by atoms with Crippen LogP contribution in [0.4, 0.5) is 0 Å². The minimum atomic E-state index is -0.160. The quantitative estimate of drug-likeness (QED) is 0.659. The number of aromatic nitrogens is 3. The highest BCUT2D eigenvalue weighted by Gasteiger charge is 2.37. The van der Waals surface area contributed by atoms with Gasteiger partial charge in [0.1, 0.15) is 5.82 Å². The molecule has 2 aliphatic rings. The van der Waals surface area contributed by atoms with Crippen LogP contribution in [0.5, 0.6) is 0 Å². The number of nitrogens with zero attached hydrogens (tertiary/aromatic N) is 4. The molecule has 1 heterocycles. The molecule has 0 bridgehead atoms. The molecule has 6 heteroatoms. The third-order valence-electron chi connectivity index (χ3n) is 5.09. The topological polar surface area (TPSA) is 51.0 Å². The maximum atomic E-state index is 13.0. The van der Waals surface area contributed by atoms with Crippen molar-refractivity contribution in [3.63, 3.8) is 0 Å². The lowest BCUT2D eigenvalue weighted by Gasteiger charge is -2.24. The Labute approximate surface area is 159 Å². The number of rotatable bonds is 8. The third kappa shape index (κ3) is 3.80. The molecule has 5 nitrogen and oxygen atoms in total. The summed E-state index contributed by atoms with van der Waals surface area (Å²) in [4.78, 5) is 14.9. The van der Waals surface area contributed by atoms with Gasteiger partial charge >= 0.3 is 0 Å². The molecular weight excluding hydrogens is 344 g/mol. The van der Waals surface area contributed by atoms with E-state index in [0.717, 1.165) is 16.5 Å². The summed E-state index contributed by atoms with van der Waals surface area (Å²) >= 11 is 1.57. The predicted octanol–water partition coefficient (Wildman–Crippen LogP) is 4.02. The highest BCUT2D eigenvalue weighted by atomic mass is 32.2. The lowest BCUT2D eigenvalue weighted by atomic mass is 10.2. The number of carbonyl (C=O) groups is 1. The molecule has 1 aromatic carbocycles. The highest BCUT2D eigenvalue weighted by Crippen LogP contribution is 2.46. The Kier molecular flexibility index (Phi) is 5.02. The molecule has 1 aromatic heterocycles. The summed E-state index contributed by atoms with van der Waals surface area (Å²) in [5.41, 5.74) is 1.16. The standard InChI is InChI=1S/C20H26N4OS/c1-3-23(13-15-7-5-4-6-8-15)19(25)14(2)26-20-22-21-18(16-9-10-16)24(20)17-11-12-17/h4-8,14,16-17H,3,9-13H2,1-2H3. The number of hydrogen-bond donors (Lipinski definition) is 0. The lowest BCUT2D eigenvalue weighted by molar-refractivity contribution is -0.130. The van der Waals surface area contributed by atoms with Crippen molar-refractivity contribution in [2.24, 2.45) is 0 Å². The minimum absolute atomic E-state index is 0.160. The fourth-order valence-electron chi connectivity index (χ4n) is 3.28. The van der Waals surface area contributed by atoms with E-state index in [9.17, 15) is 4.79 Å². The summed E-state index contributed by atoms with van der Waals surface area (Å²) in [6, 6.07) is 10.7. The van der Waals surface area contributed by atoms with Gasteiger partial charge in [-0.2, -0.15) is 0 Å². The number of carbonyl (C=O) groups excluding carboxylic acids is 1. The average molecular weight is 371 g/mol. The summed E-state index contributed by atoms with van der Waals surface area (Å²) in [5.74, 6) is 1.90. The van der Waals surface area contributed by atoms with Gasteiger partial charge in [0.15, 0.2) is 5.16 Å². The van der Waals surface area contributed by atoms with E-state index in [0.29, 0.717) is 25.0 Å². The Morgan fingerprint density at radius 2 is 1.96 bits per heavy atom. The maximum Gasteiger partial charge on any atom is 0.236 e. The van der Waals surface area contributed by atoms with Gasteiger partial charge in [-0.1, -0.05) is 42.1 Å². The SMILES string of the molecule is CCN(Cc1ccccc1)C(=O)C(C)Sc1nnc(C2CC2)n1C1CC1. The second-order valence-corrected chi connectivity index (χ2v) is 8.62. The van der Waals surface area contributed by atoms with Crippen LogP contribution in [0.2, 0.25) is 0 Å². The predicted molar refractivity (Wildman–Crippen MR) is 103 cm³/mol. The van der Waals surface area contributed by atoms with Crippen LogP contribution in [0.1, 0.15) is 62.9 Å². The molecule has 1 atom stereocenters. The van der Waals surface area contributed by atoms with Crippen LogP contribution in [-0.4, -0.2) is 37.4 Å². The van der Waals surface area contributed by atoms with E-state index in [2.05, 4.69) is 26.9 Å². The van der Waals surface area contributed by atoms with Gasteiger partial charge in [-0.3, -0.25) is 4.79 Å². The van der Waals surface area contributed by atoms with Crippen molar-refractivity contribution in [2.75, 3.05) is 6.54 Å². The van der Waals surface area contributed by atoms with Crippen molar-refractivity contribution >= 4 is 17.7 Å². The van der Waals surface area contributed by atoms with E-state index < -0.39 is 0 Å². The van der Waals surface area contributed by atoms with Gasteiger partial charge in [-0.05, 0) is 45.1 Å². The first-order valence-electron chi connectivity index (χ1n) is 9.61. The molecule has 2 aliphatic carbocycles. The highest BCUT2D eigenvalue weighted by molar-refractivity contribution is 8.00. The zero-order valence-electron chi connectivity index (χ0n) is 15.5. The molecule has 0 saturated heterocycles. The van der Waals surface area contributed by atoms with E-state index in [1.807, 2.05) is 36.9 Å². The van der Waals surface area contributed by atoms with E-state index in [1.165, 1.54) is 25.7 Å². The molecule has 0 N–H and O–H groups in total. The zero-order valence-corrected chi connectivity index (χ0v) is 16.3. The van der Waals surface area contributed by atoms with Crippen molar-refractivity contribution in [2.45, 2.75) is 68.4 Å². The van der Waals surface area contributed by atoms with Crippen LogP contribution in [0.25, 0.3) is 0 Å². The molecule has 1 amide bonds. The Hall–Kier alpha value is -1.82. The van der Waals surface area contributed by atoms with Crippen LogP contribution in [0.3, 0.4) is 0 Å². The van der Waals surface area contributed by atoms with Crippen LogP contribution < -0.4 is 0 Å². The van der Waals surface area contributed by atoms with Gasteiger partial charge in [0.05, 0.1) is 5.25 Å². The van der Waals surface area contributed by atoms with Crippen LogP contribution in [-0.2, 0) is 11.3 Å². The normalized spacial score (nSPS) is 17.9. The van der Waals surface area contributed by atoms with Crippen molar-refractivity contribution in [3.05, 3.63) is 41.7 Å². The summed E-state index contributed by atoms with van der Waals surface area (Å²) in [6.45, 7) is 5.39. The molecule has 138 valence electrons. The Morgan fingerprint density at radius 3 is 2.58 bits per heavy atom. The molecule has 4 rings (SSSR count). The van der Waals surface area contributed by atoms with Crippen molar-refractivity contribution < 1.29 is 4.79 Å². The first kappa shape index (κ1) is 17.6. The van der Waals surface area contributed by atoms with Gasteiger partial charge in [0, 0.05) is 25.0 Å². The Morgan fingerprint density at radius 1 is 1.23 bits per heavy atom. The number of amides is 1. The average Bonchev–Trinajstić information content (AvgIpc) is 3.59. The second-order valence-electron chi connectivity index (χ2n) is 7.31. The van der Waals surface area contributed by atoms with Gasteiger partial charge in [-0.25, -0.2) is 0 Å². The summed E-state index contributed by atoms with van der Waals surface area (Å²) in [5, 5.41) is 9.65. The largest absolute Gasteiger partial charge is 0.338 e. The monoisotopic (exact) mass is 370 g/mol. The fraction of sp³-hybridized carbons (Fsp3) is 0.550. The van der Waals surface area contributed by atoms with Crippen LogP contribution in [0, 0.1) is 0 Å². The molecule has 26 heavy (non-hydrogen) atoms. The second kappa shape index (κ2) is 7.43. The number of benzene rings is 1. The van der Waals surface area contributed by atoms with Gasteiger partial charge in [0.2, 0.25) is 5.91 Å². The van der Waals surface area contributed by atoms with E-state index >= 15 is 0 Å². The summed E-state index contributed by atoms with van der Waals surface area (Å²) in [7, 11) is 0.